The summed E-state index contributed by atoms with van der Waals surface area (Å²) in [6, 6.07) is 0.965. The van der Waals surface area contributed by atoms with Crippen molar-refractivity contribution in [1.82, 2.24) is 4.98 Å². The van der Waals surface area contributed by atoms with Crippen LogP contribution in [-0.2, 0) is 4.74 Å². The summed E-state index contributed by atoms with van der Waals surface area (Å²) in [6.45, 7) is 0. The third-order valence-electron chi connectivity index (χ3n) is 1.80. The highest BCUT2D eigenvalue weighted by Crippen LogP contribution is 2.31. The van der Waals surface area contributed by atoms with E-state index in [0.717, 1.165) is 13.2 Å². The molecule has 0 atom stereocenters. The van der Waals surface area contributed by atoms with Gasteiger partial charge in [0, 0.05) is 0 Å². The van der Waals surface area contributed by atoms with Gasteiger partial charge in [-0.05, 0) is 6.07 Å². The minimum absolute atomic E-state index is 0.105. The van der Waals surface area contributed by atoms with E-state index < -0.39 is 23.1 Å². The third kappa shape index (κ3) is 2.38. The van der Waals surface area contributed by atoms with Gasteiger partial charge in [0.15, 0.2) is 11.4 Å². The summed E-state index contributed by atoms with van der Waals surface area (Å²) in [5.74, 6) is -0.911. The zero-order valence-electron chi connectivity index (χ0n) is 8.46. The number of pyridine rings is 1. The van der Waals surface area contributed by atoms with Gasteiger partial charge in [0.05, 0.1) is 19.8 Å². The van der Waals surface area contributed by atoms with Crippen LogP contribution in [0.1, 0.15) is 22.5 Å². The van der Waals surface area contributed by atoms with E-state index in [1.54, 1.807) is 0 Å². The predicted octanol–water partition coefficient (Wildman–Crippen LogP) is 2.47. The fourth-order valence-electron chi connectivity index (χ4n) is 1.04. The van der Waals surface area contributed by atoms with E-state index in [1.807, 2.05) is 0 Å². The Morgan fingerprint density at radius 1 is 1.50 bits per heavy atom. The Kier molecular flexibility index (Phi) is 4.00. The summed E-state index contributed by atoms with van der Waals surface area (Å²) >= 11 is 5.50. The zero-order valence-corrected chi connectivity index (χ0v) is 9.22. The van der Waals surface area contributed by atoms with E-state index in [1.165, 1.54) is 7.11 Å². The number of carbonyl (C=O) groups excluding carboxylic acids is 1. The van der Waals surface area contributed by atoms with Crippen LogP contribution in [0.15, 0.2) is 6.07 Å². The van der Waals surface area contributed by atoms with Crippen molar-refractivity contribution < 1.29 is 23.0 Å². The number of halogens is 3. The van der Waals surface area contributed by atoms with E-state index in [0.29, 0.717) is 0 Å². The van der Waals surface area contributed by atoms with Crippen molar-refractivity contribution in [2.45, 2.75) is 6.43 Å². The van der Waals surface area contributed by atoms with Gasteiger partial charge in [0.2, 0.25) is 0 Å². The number of methoxy groups -OCH3 is 2. The Labute approximate surface area is 95.1 Å². The number of hydrogen-bond acceptors (Lipinski definition) is 4. The first-order chi connectivity index (χ1) is 7.51. The van der Waals surface area contributed by atoms with E-state index >= 15 is 0 Å². The normalized spacial score (nSPS) is 10.4. The molecular weight excluding hydrogens is 244 g/mol. The molecule has 0 aromatic carbocycles. The maximum atomic E-state index is 12.5. The molecule has 0 aliphatic heterocycles. The van der Waals surface area contributed by atoms with Gasteiger partial charge >= 0.3 is 5.97 Å². The lowest BCUT2D eigenvalue weighted by molar-refractivity contribution is 0.0589. The maximum Gasteiger partial charge on any atom is 0.360 e. The fraction of sp³-hybridized carbons (Fsp3) is 0.333. The minimum Gasteiger partial charge on any atom is -0.494 e. The number of aromatic nitrogens is 1. The van der Waals surface area contributed by atoms with Gasteiger partial charge in [0.25, 0.3) is 6.43 Å². The van der Waals surface area contributed by atoms with E-state index in [4.69, 9.17) is 16.3 Å². The molecule has 1 aromatic rings. The van der Waals surface area contributed by atoms with Crippen molar-refractivity contribution in [2.24, 2.45) is 0 Å². The Morgan fingerprint density at radius 2 is 2.12 bits per heavy atom. The van der Waals surface area contributed by atoms with Crippen LogP contribution < -0.4 is 4.74 Å². The quantitative estimate of drug-likeness (QED) is 0.612. The molecule has 0 bridgehead atoms. The summed E-state index contributed by atoms with van der Waals surface area (Å²) in [6.07, 6.45) is -2.79. The monoisotopic (exact) mass is 251 g/mol. The SMILES string of the molecule is COC(=O)c1nc(Cl)c(C(F)F)cc1OC. The topological polar surface area (TPSA) is 48.4 Å². The first-order valence-electron chi connectivity index (χ1n) is 4.12. The summed E-state index contributed by atoms with van der Waals surface area (Å²) in [5.41, 5.74) is -0.731. The summed E-state index contributed by atoms with van der Waals surface area (Å²) in [4.78, 5) is 14.7. The molecule has 7 heteroatoms. The third-order valence-corrected chi connectivity index (χ3v) is 2.10. The Balaban J connectivity index is 3.32. The highest BCUT2D eigenvalue weighted by atomic mass is 35.5. The Bertz CT molecular complexity index is 412. The van der Waals surface area contributed by atoms with Crippen molar-refractivity contribution in [2.75, 3.05) is 14.2 Å². The highest BCUT2D eigenvalue weighted by Gasteiger charge is 2.22. The molecule has 0 unspecified atom stereocenters. The van der Waals surface area contributed by atoms with Crippen LogP contribution in [0.25, 0.3) is 0 Å². The number of nitrogens with zero attached hydrogens (tertiary/aromatic N) is 1. The van der Waals surface area contributed by atoms with Crippen molar-refractivity contribution >= 4 is 17.6 Å². The molecule has 0 N–H and O–H groups in total. The van der Waals surface area contributed by atoms with Gasteiger partial charge in [-0.2, -0.15) is 0 Å². The largest absolute Gasteiger partial charge is 0.494 e. The van der Waals surface area contributed by atoms with E-state index in [9.17, 15) is 13.6 Å². The smallest absolute Gasteiger partial charge is 0.360 e. The van der Waals surface area contributed by atoms with Gasteiger partial charge in [-0.1, -0.05) is 11.6 Å². The van der Waals surface area contributed by atoms with Gasteiger partial charge in [-0.3, -0.25) is 0 Å². The Morgan fingerprint density at radius 3 is 2.56 bits per heavy atom. The summed E-state index contributed by atoms with van der Waals surface area (Å²) < 4.78 is 34.1. The first kappa shape index (κ1) is 12.6. The van der Waals surface area contributed by atoms with E-state index in [2.05, 4.69) is 9.72 Å². The molecule has 0 spiro atoms. The summed E-state index contributed by atoms with van der Waals surface area (Å²) in [5, 5.41) is -0.448. The average Bonchev–Trinajstić information content (AvgIpc) is 2.27. The van der Waals surface area contributed by atoms with Crippen LogP contribution in [0.5, 0.6) is 5.75 Å². The lowest BCUT2D eigenvalue weighted by Crippen LogP contribution is -2.08. The van der Waals surface area contributed by atoms with Gasteiger partial charge in [-0.15, -0.1) is 0 Å². The molecule has 0 saturated carbocycles. The maximum absolute atomic E-state index is 12.5. The lowest BCUT2D eigenvalue weighted by Gasteiger charge is -2.09. The predicted molar refractivity (Wildman–Crippen MR) is 52.1 cm³/mol. The fourth-order valence-corrected chi connectivity index (χ4v) is 1.26. The first-order valence-corrected chi connectivity index (χ1v) is 4.50. The molecule has 0 radical (unpaired) electrons. The molecule has 4 nitrogen and oxygen atoms in total. The molecule has 0 aliphatic rings. The molecule has 0 aliphatic carbocycles. The minimum atomic E-state index is -2.79. The number of carbonyl (C=O) groups is 1. The number of rotatable bonds is 3. The van der Waals surface area contributed by atoms with Crippen molar-refractivity contribution in [1.29, 1.82) is 0 Å². The van der Waals surface area contributed by atoms with Crippen LogP contribution in [0.4, 0.5) is 8.78 Å². The molecule has 88 valence electrons. The second kappa shape index (κ2) is 5.07. The standard InChI is InChI=1S/C9H8ClF2NO3/c1-15-5-3-4(8(11)12)7(10)13-6(5)9(14)16-2/h3,8H,1-2H3. The van der Waals surface area contributed by atoms with Crippen molar-refractivity contribution in [3.8, 4) is 5.75 Å². The Hall–Kier alpha value is -1.43. The zero-order chi connectivity index (χ0) is 12.3. The molecule has 0 amide bonds. The number of esters is 1. The number of alkyl halides is 2. The molecular formula is C9H8ClF2NO3. The second-order valence-corrected chi connectivity index (χ2v) is 3.07. The highest BCUT2D eigenvalue weighted by molar-refractivity contribution is 6.30. The second-order valence-electron chi connectivity index (χ2n) is 2.71. The average molecular weight is 252 g/mol. The van der Waals surface area contributed by atoms with Gasteiger partial charge < -0.3 is 9.47 Å². The van der Waals surface area contributed by atoms with Gasteiger partial charge in [-0.25, -0.2) is 18.6 Å². The number of hydrogen-bond donors (Lipinski definition) is 0. The van der Waals surface area contributed by atoms with Gasteiger partial charge in [0.1, 0.15) is 5.15 Å². The molecule has 16 heavy (non-hydrogen) atoms. The lowest BCUT2D eigenvalue weighted by atomic mass is 10.2. The molecule has 0 fully saturated rings. The van der Waals surface area contributed by atoms with E-state index in [-0.39, 0.29) is 11.4 Å². The van der Waals surface area contributed by atoms with Crippen LogP contribution in [0.3, 0.4) is 0 Å². The van der Waals surface area contributed by atoms with Crippen LogP contribution in [0, 0.1) is 0 Å². The van der Waals surface area contributed by atoms with Crippen molar-refractivity contribution in [3.63, 3.8) is 0 Å². The van der Waals surface area contributed by atoms with Crippen LogP contribution in [-0.4, -0.2) is 25.2 Å². The molecule has 1 heterocycles. The molecule has 1 rings (SSSR count). The van der Waals surface area contributed by atoms with Crippen molar-refractivity contribution in [3.05, 3.63) is 22.5 Å². The van der Waals surface area contributed by atoms with Crippen LogP contribution >= 0.6 is 11.6 Å². The molecule has 0 saturated heterocycles. The summed E-state index contributed by atoms with van der Waals surface area (Å²) in [7, 11) is 2.37. The molecule has 1 aromatic heterocycles. The van der Waals surface area contributed by atoms with Crippen LogP contribution in [0.2, 0.25) is 5.15 Å². The number of ether oxygens (including phenoxy) is 2.